The second-order valence-corrected chi connectivity index (χ2v) is 10.2. The molecule has 1 amide bonds. The van der Waals surface area contributed by atoms with Crippen LogP contribution in [0.4, 0.5) is 5.69 Å². The summed E-state index contributed by atoms with van der Waals surface area (Å²) >= 11 is 0. The first-order chi connectivity index (χ1) is 17.0. The Labute approximate surface area is 210 Å². The van der Waals surface area contributed by atoms with Crippen LogP contribution in [0.25, 0.3) is 0 Å². The number of carbonyl (C=O) groups is 1. The molecule has 2 aromatic carbocycles. The molecule has 1 saturated heterocycles. The van der Waals surface area contributed by atoms with Crippen LogP contribution in [0.1, 0.15) is 50.5 Å². The molecule has 2 aromatic rings. The second-order valence-electron chi connectivity index (χ2n) is 10.2. The van der Waals surface area contributed by atoms with E-state index in [4.69, 9.17) is 15.2 Å². The standard InChI is InChI=1S/C24H32N2O2.C5H9NO/c1-25-14-15-26(18-21(25)16-19-8-4-3-5-9-19)20-12-13-23(27-2)24(17-20)28-22-10-6-7-11-22;6-5(7)4-2-1-3-4/h3-5,8-9,12-13,17,21-22H,6-7,10-11,14-16,18H2,1-2H3;4H,1-3H2,(H2,6,7)/t21-;/m0./s1. The maximum atomic E-state index is 10.2. The number of hydrogen-bond donors (Lipinski definition) is 1. The SMILES string of the molecule is COc1ccc(N2CCN(C)[C@@H](Cc3ccccc3)C2)cc1OC1CCCC1.NC(=O)C1CCC1. The van der Waals surface area contributed by atoms with Crippen LogP contribution in [0, 0.1) is 5.92 Å². The first-order valence-electron chi connectivity index (χ1n) is 13.2. The molecule has 35 heavy (non-hydrogen) atoms. The van der Waals surface area contributed by atoms with E-state index in [0.29, 0.717) is 12.1 Å². The van der Waals surface area contributed by atoms with Gasteiger partial charge in [-0.05, 0) is 69.7 Å². The van der Waals surface area contributed by atoms with Crippen molar-refractivity contribution in [1.82, 2.24) is 4.90 Å². The van der Waals surface area contributed by atoms with E-state index >= 15 is 0 Å². The van der Waals surface area contributed by atoms with Crippen LogP contribution in [-0.2, 0) is 11.2 Å². The number of carbonyl (C=O) groups excluding carboxylic acids is 1. The minimum absolute atomic E-state index is 0.119. The topological polar surface area (TPSA) is 68.0 Å². The minimum Gasteiger partial charge on any atom is -0.493 e. The van der Waals surface area contributed by atoms with Gasteiger partial charge in [0.05, 0.1) is 13.2 Å². The van der Waals surface area contributed by atoms with Crippen molar-refractivity contribution in [2.45, 2.75) is 63.5 Å². The van der Waals surface area contributed by atoms with Gasteiger partial charge in [0, 0.05) is 43.3 Å². The van der Waals surface area contributed by atoms with Crippen LogP contribution in [0.15, 0.2) is 48.5 Å². The van der Waals surface area contributed by atoms with Crippen molar-refractivity contribution in [1.29, 1.82) is 0 Å². The number of ether oxygens (including phenoxy) is 2. The van der Waals surface area contributed by atoms with Crippen molar-refractivity contribution in [2.24, 2.45) is 11.7 Å². The van der Waals surface area contributed by atoms with E-state index < -0.39 is 0 Å². The Hall–Kier alpha value is -2.73. The maximum Gasteiger partial charge on any atom is 0.220 e. The molecule has 0 radical (unpaired) electrons. The molecule has 3 aliphatic rings. The summed E-state index contributed by atoms with van der Waals surface area (Å²) in [4.78, 5) is 15.2. The Bertz CT molecular complexity index is 941. The number of nitrogens with zero attached hydrogens (tertiary/aromatic N) is 2. The molecular formula is C29H41N3O3. The number of benzene rings is 2. The zero-order valence-corrected chi connectivity index (χ0v) is 21.3. The molecule has 1 aliphatic heterocycles. The fourth-order valence-electron chi connectivity index (χ4n) is 5.12. The third-order valence-electron chi connectivity index (χ3n) is 7.71. The molecule has 3 fully saturated rings. The van der Waals surface area contributed by atoms with Crippen molar-refractivity contribution < 1.29 is 14.3 Å². The highest BCUT2D eigenvalue weighted by molar-refractivity contribution is 5.77. The molecule has 1 heterocycles. The largest absolute Gasteiger partial charge is 0.493 e. The summed E-state index contributed by atoms with van der Waals surface area (Å²) < 4.78 is 11.9. The molecule has 2 aliphatic carbocycles. The third kappa shape index (κ3) is 6.91. The molecule has 6 nitrogen and oxygen atoms in total. The lowest BCUT2D eigenvalue weighted by Crippen LogP contribution is -2.52. The summed E-state index contributed by atoms with van der Waals surface area (Å²) in [5.41, 5.74) is 7.60. The summed E-state index contributed by atoms with van der Waals surface area (Å²) in [6.45, 7) is 3.14. The number of nitrogens with two attached hydrogens (primary N) is 1. The predicted molar refractivity (Wildman–Crippen MR) is 141 cm³/mol. The van der Waals surface area contributed by atoms with Crippen molar-refractivity contribution >= 4 is 11.6 Å². The van der Waals surface area contributed by atoms with Crippen molar-refractivity contribution in [3.8, 4) is 11.5 Å². The monoisotopic (exact) mass is 479 g/mol. The number of hydrogen-bond acceptors (Lipinski definition) is 5. The highest BCUT2D eigenvalue weighted by atomic mass is 16.5. The highest BCUT2D eigenvalue weighted by Gasteiger charge is 2.26. The summed E-state index contributed by atoms with van der Waals surface area (Å²) in [7, 11) is 3.97. The summed E-state index contributed by atoms with van der Waals surface area (Å²) in [5, 5.41) is 0. The molecule has 5 rings (SSSR count). The summed E-state index contributed by atoms with van der Waals surface area (Å²) in [6.07, 6.45) is 9.50. The number of likely N-dealkylation sites (N-methyl/N-ethyl adjacent to an activating group) is 1. The Kier molecular flexibility index (Phi) is 8.91. The van der Waals surface area contributed by atoms with E-state index in [0.717, 1.165) is 63.2 Å². The normalized spacial score (nSPS) is 21.1. The smallest absolute Gasteiger partial charge is 0.220 e. The fourth-order valence-corrected chi connectivity index (χ4v) is 5.12. The van der Waals surface area contributed by atoms with Gasteiger partial charge in [0.15, 0.2) is 11.5 Å². The van der Waals surface area contributed by atoms with E-state index in [-0.39, 0.29) is 11.8 Å². The molecule has 0 unspecified atom stereocenters. The van der Waals surface area contributed by atoms with Crippen LogP contribution in [-0.4, -0.2) is 56.7 Å². The number of methoxy groups -OCH3 is 1. The Morgan fingerprint density at radius 1 is 0.971 bits per heavy atom. The maximum absolute atomic E-state index is 10.2. The van der Waals surface area contributed by atoms with Crippen molar-refractivity contribution in [2.75, 3.05) is 38.7 Å². The van der Waals surface area contributed by atoms with Crippen LogP contribution in [0.3, 0.4) is 0 Å². The molecular weight excluding hydrogens is 438 g/mol. The zero-order chi connectivity index (χ0) is 24.6. The second kappa shape index (κ2) is 12.3. The highest BCUT2D eigenvalue weighted by Crippen LogP contribution is 2.35. The van der Waals surface area contributed by atoms with Crippen LogP contribution >= 0.6 is 0 Å². The van der Waals surface area contributed by atoms with Gasteiger partial charge in [0.25, 0.3) is 0 Å². The van der Waals surface area contributed by atoms with E-state index in [1.54, 1.807) is 7.11 Å². The lowest BCUT2D eigenvalue weighted by molar-refractivity contribution is -0.124. The van der Waals surface area contributed by atoms with Gasteiger partial charge in [-0.3, -0.25) is 9.69 Å². The first kappa shape index (κ1) is 25.4. The molecule has 1 atom stereocenters. The van der Waals surface area contributed by atoms with E-state index in [1.807, 2.05) is 0 Å². The number of primary amides is 1. The van der Waals surface area contributed by atoms with E-state index in [1.165, 1.54) is 30.5 Å². The van der Waals surface area contributed by atoms with Gasteiger partial charge in [0.1, 0.15) is 0 Å². The molecule has 0 aromatic heterocycles. The Balaban J connectivity index is 0.000000356. The molecule has 2 saturated carbocycles. The average molecular weight is 480 g/mol. The number of piperazine rings is 1. The molecule has 0 bridgehead atoms. The predicted octanol–water partition coefficient (Wildman–Crippen LogP) is 4.65. The average Bonchev–Trinajstić information content (AvgIpc) is 3.33. The third-order valence-corrected chi connectivity index (χ3v) is 7.71. The zero-order valence-electron chi connectivity index (χ0n) is 21.3. The molecule has 6 heteroatoms. The van der Waals surface area contributed by atoms with E-state index in [9.17, 15) is 4.79 Å². The first-order valence-corrected chi connectivity index (χ1v) is 13.2. The van der Waals surface area contributed by atoms with Crippen molar-refractivity contribution in [3.05, 3.63) is 54.1 Å². The van der Waals surface area contributed by atoms with Crippen LogP contribution in [0.5, 0.6) is 11.5 Å². The molecule has 190 valence electrons. The van der Waals surface area contributed by atoms with Gasteiger partial charge in [-0.1, -0.05) is 36.8 Å². The summed E-state index contributed by atoms with van der Waals surface area (Å²) in [6, 6.07) is 17.7. The van der Waals surface area contributed by atoms with Gasteiger partial charge < -0.3 is 20.1 Å². The number of anilines is 1. The lowest BCUT2D eigenvalue weighted by atomic mass is 9.85. The van der Waals surface area contributed by atoms with Gasteiger partial charge in [-0.2, -0.15) is 0 Å². The lowest BCUT2D eigenvalue weighted by Gasteiger charge is -2.41. The van der Waals surface area contributed by atoms with Gasteiger partial charge in [-0.15, -0.1) is 0 Å². The van der Waals surface area contributed by atoms with Gasteiger partial charge in [-0.25, -0.2) is 0 Å². The molecule has 0 spiro atoms. The van der Waals surface area contributed by atoms with Crippen LogP contribution < -0.4 is 20.1 Å². The minimum atomic E-state index is -0.119. The van der Waals surface area contributed by atoms with Crippen LogP contribution in [0.2, 0.25) is 0 Å². The Morgan fingerprint density at radius 2 is 1.71 bits per heavy atom. The molecule has 2 N–H and O–H groups in total. The Morgan fingerprint density at radius 3 is 2.31 bits per heavy atom. The van der Waals surface area contributed by atoms with Gasteiger partial charge in [0.2, 0.25) is 5.91 Å². The summed E-state index contributed by atoms with van der Waals surface area (Å²) in [5.74, 6) is 1.84. The van der Waals surface area contributed by atoms with E-state index in [2.05, 4.69) is 65.4 Å². The fraction of sp³-hybridized carbons (Fsp3) is 0.552. The number of amides is 1. The van der Waals surface area contributed by atoms with Crippen molar-refractivity contribution in [3.63, 3.8) is 0 Å². The van der Waals surface area contributed by atoms with Gasteiger partial charge >= 0.3 is 0 Å². The number of rotatable bonds is 7. The quantitative estimate of drug-likeness (QED) is 0.626.